The lowest BCUT2D eigenvalue weighted by molar-refractivity contribution is 0.822. The van der Waals surface area contributed by atoms with Gasteiger partial charge in [0.2, 0.25) is 5.95 Å². The maximum absolute atomic E-state index is 4.55. The zero-order valence-electron chi connectivity index (χ0n) is 11.7. The molecular formula is C15H20BrN3. The predicted molar refractivity (Wildman–Crippen MR) is 84.1 cm³/mol. The van der Waals surface area contributed by atoms with Crippen LogP contribution in [0.3, 0.4) is 0 Å². The number of unbranched alkanes of at least 4 members (excludes halogenated alkanes) is 1. The van der Waals surface area contributed by atoms with Crippen molar-refractivity contribution in [2.45, 2.75) is 33.6 Å². The fourth-order valence-electron chi connectivity index (χ4n) is 1.99. The van der Waals surface area contributed by atoms with Gasteiger partial charge in [-0.05, 0) is 53.9 Å². The Balaban J connectivity index is 2.32. The molecule has 2 rings (SSSR count). The summed E-state index contributed by atoms with van der Waals surface area (Å²) in [7, 11) is 0. The average molecular weight is 322 g/mol. The number of halogens is 1. The van der Waals surface area contributed by atoms with Crippen molar-refractivity contribution >= 4 is 21.9 Å². The third-order valence-electron chi connectivity index (χ3n) is 3.00. The molecule has 1 aromatic heterocycles. The summed E-state index contributed by atoms with van der Waals surface area (Å²) < 4.78 is 3.19. The minimum Gasteiger partial charge on any atom is -0.355 e. The van der Waals surface area contributed by atoms with E-state index in [9.17, 15) is 0 Å². The molecule has 1 heterocycles. The molecule has 0 saturated carbocycles. The molecular weight excluding hydrogens is 302 g/mol. The van der Waals surface area contributed by atoms with E-state index in [1.165, 1.54) is 12.0 Å². The summed E-state index contributed by atoms with van der Waals surface area (Å²) in [6.07, 6.45) is 4.39. The first kappa shape index (κ1) is 14.1. The van der Waals surface area contributed by atoms with Crippen molar-refractivity contribution in [2.24, 2.45) is 0 Å². The Morgan fingerprint density at radius 3 is 2.79 bits per heavy atom. The number of rotatable bonds is 5. The molecule has 0 fully saturated rings. The first-order valence-corrected chi connectivity index (χ1v) is 7.47. The maximum atomic E-state index is 4.55. The van der Waals surface area contributed by atoms with Crippen LogP contribution in [0.1, 0.15) is 31.0 Å². The molecule has 1 N–H and O–H groups in total. The highest BCUT2D eigenvalue weighted by Gasteiger charge is 2.09. The summed E-state index contributed by atoms with van der Waals surface area (Å²) in [5.74, 6) is 0.913. The van der Waals surface area contributed by atoms with Crippen molar-refractivity contribution in [3.05, 3.63) is 40.1 Å². The van der Waals surface area contributed by atoms with Crippen molar-refractivity contribution in [1.29, 1.82) is 0 Å². The van der Waals surface area contributed by atoms with Gasteiger partial charge in [0.05, 0.1) is 11.4 Å². The van der Waals surface area contributed by atoms with Gasteiger partial charge < -0.3 is 5.32 Å². The van der Waals surface area contributed by atoms with Crippen LogP contribution in [0.4, 0.5) is 5.95 Å². The number of anilines is 1. The van der Waals surface area contributed by atoms with Gasteiger partial charge >= 0.3 is 0 Å². The minimum atomic E-state index is 0.913. The lowest BCUT2D eigenvalue weighted by atomic mass is 10.2. The van der Waals surface area contributed by atoms with Gasteiger partial charge in [-0.2, -0.15) is 0 Å². The SMILES string of the molecule is CCCCNc1nc(C)cn1-c1ccc(C)cc1Br. The molecule has 3 nitrogen and oxygen atoms in total. The van der Waals surface area contributed by atoms with Crippen LogP contribution in [0.15, 0.2) is 28.9 Å². The Labute approximate surface area is 123 Å². The molecule has 0 aliphatic carbocycles. The summed E-state index contributed by atoms with van der Waals surface area (Å²) in [5, 5.41) is 3.41. The topological polar surface area (TPSA) is 29.9 Å². The van der Waals surface area contributed by atoms with Crippen LogP contribution in [0.2, 0.25) is 0 Å². The number of hydrogen-bond acceptors (Lipinski definition) is 2. The fourth-order valence-corrected chi connectivity index (χ4v) is 2.67. The highest BCUT2D eigenvalue weighted by atomic mass is 79.9. The fraction of sp³-hybridized carbons (Fsp3) is 0.400. The van der Waals surface area contributed by atoms with Crippen LogP contribution in [0.25, 0.3) is 5.69 Å². The van der Waals surface area contributed by atoms with E-state index in [0.29, 0.717) is 0 Å². The molecule has 0 bridgehead atoms. The Morgan fingerprint density at radius 2 is 2.11 bits per heavy atom. The molecule has 0 amide bonds. The Bertz CT molecular complexity index is 561. The molecule has 19 heavy (non-hydrogen) atoms. The van der Waals surface area contributed by atoms with Crippen LogP contribution in [0.5, 0.6) is 0 Å². The van der Waals surface area contributed by atoms with Crippen LogP contribution < -0.4 is 5.32 Å². The van der Waals surface area contributed by atoms with E-state index in [1.54, 1.807) is 0 Å². The van der Waals surface area contributed by atoms with Crippen LogP contribution in [0, 0.1) is 13.8 Å². The highest BCUT2D eigenvalue weighted by molar-refractivity contribution is 9.10. The molecule has 0 aliphatic rings. The summed E-state index contributed by atoms with van der Waals surface area (Å²) in [4.78, 5) is 4.55. The van der Waals surface area contributed by atoms with Gasteiger partial charge in [-0.3, -0.25) is 4.57 Å². The maximum Gasteiger partial charge on any atom is 0.207 e. The van der Waals surface area contributed by atoms with Crippen LogP contribution >= 0.6 is 15.9 Å². The highest BCUT2D eigenvalue weighted by Crippen LogP contribution is 2.25. The quantitative estimate of drug-likeness (QED) is 0.824. The molecule has 4 heteroatoms. The van der Waals surface area contributed by atoms with Gasteiger partial charge in [0.1, 0.15) is 0 Å². The van der Waals surface area contributed by atoms with E-state index in [1.807, 2.05) is 6.92 Å². The van der Waals surface area contributed by atoms with Crippen molar-refractivity contribution in [3.8, 4) is 5.69 Å². The lowest BCUT2D eigenvalue weighted by Gasteiger charge is -2.11. The minimum absolute atomic E-state index is 0.913. The Hall–Kier alpha value is -1.29. The molecule has 0 saturated heterocycles. The van der Waals surface area contributed by atoms with Crippen LogP contribution in [-0.4, -0.2) is 16.1 Å². The number of aromatic nitrogens is 2. The molecule has 0 unspecified atom stereocenters. The van der Waals surface area contributed by atoms with Crippen molar-refractivity contribution in [2.75, 3.05) is 11.9 Å². The zero-order chi connectivity index (χ0) is 13.8. The van der Waals surface area contributed by atoms with Crippen LogP contribution in [-0.2, 0) is 0 Å². The number of imidazole rings is 1. The van der Waals surface area contributed by atoms with Crippen molar-refractivity contribution < 1.29 is 0 Å². The average Bonchev–Trinajstić information content (AvgIpc) is 2.71. The first-order chi connectivity index (χ1) is 9.11. The summed E-state index contributed by atoms with van der Waals surface area (Å²) >= 11 is 3.63. The molecule has 0 radical (unpaired) electrons. The Kier molecular flexibility index (Phi) is 4.64. The van der Waals surface area contributed by atoms with E-state index < -0.39 is 0 Å². The monoisotopic (exact) mass is 321 g/mol. The lowest BCUT2D eigenvalue weighted by Crippen LogP contribution is -2.07. The molecule has 102 valence electrons. The first-order valence-electron chi connectivity index (χ1n) is 6.68. The zero-order valence-corrected chi connectivity index (χ0v) is 13.3. The van der Waals surface area contributed by atoms with Gasteiger partial charge in [0, 0.05) is 17.2 Å². The van der Waals surface area contributed by atoms with E-state index in [2.05, 4.69) is 69.0 Å². The second-order valence-corrected chi connectivity index (χ2v) is 5.67. The summed E-state index contributed by atoms with van der Waals surface area (Å²) in [5.41, 5.74) is 3.38. The molecule has 1 aromatic carbocycles. The number of hydrogen-bond donors (Lipinski definition) is 1. The summed E-state index contributed by atoms with van der Waals surface area (Å²) in [6.45, 7) is 7.25. The second kappa shape index (κ2) is 6.24. The number of aryl methyl sites for hydroxylation is 2. The van der Waals surface area contributed by atoms with E-state index in [-0.39, 0.29) is 0 Å². The van der Waals surface area contributed by atoms with Gasteiger partial charge in [-0.15, -0.1) is 0 Å². The second-order valence-electron chi connectivity index (χ2n) is 4.81. The van der Waals surface area contributed by atoms with Gasteiger partial charge in [-0.25, -0.2) is 4.98 Å². The smallest absolute Gasteiger partial charge is 0.207 e. The van der Waals surface area contributed by atoms with Gasteiger partial charge in [-0.1, -0.05) is 19.4 Å². The largest absolute Gasteiger partial charge is 0.355 e. The van der Waals surface area contributed by atoms with Crippen molar-refractivity contribution in [1.82, 2.24) is 9.55 Å². The van der Waals surface area contributed by atoms with Gasteiger partial charge in [0.15, 0.2) is 0 Å². The molecule has 0 spiro atoms. The van der Waals surface area contributed by atoms with Gasteiger partial charge in [0.25, 0.3) is 0 Å². The number of nitrogens with one attached hydrogen (secondary N) is 1. The third kappa shape index (κ3) is 3.38. The molecule has 0 atom stereocenters. The van der Waals surface area contributed by atoms with E-state index in [4.69, 9.17) is 0 Å². The summed E-state index contributed by atoms with van der Waals surface area (Å²) in [6, 6.07) is 6.36. The van der Waals surface area contributed by atoms with E-state index >= 15 is 0 Å². The molecule has 0 aliphatic heterocycles. The number of nitrogens with zero attached hydrogens (tertiary/aromatic N) is 2. The Morgan fingerprint density at radius 1 is 1.32 bits per heavy atom. The third-order valence-corrected chi connectivity index (χ3v) is 3.64. The normalized spacial score (nSPS) is 10.7. The number of benzene rings is 1. The predicted octanol–water partition coefficient (Wildman–Crippen LogP) is 4.46. The standard InChI is InChI=1S/C15H20BrN3/c1-4-5-8-17-15-18-12(3)10-19(15)14-7-6-11(2)9-13(14)16/h6-7,9-10H,4-5,8H2,1-3H3,(H,17,18). The van der Waals surface area contributed by atoms with Crippen molar-refractivity contribution in [3.63, 3.8) is 0 Å². The molecule has 2 aromatic rings. The van der Waals surface area contributed by atoms with E-state index in [0.717, 1.165) is 34.8 Å².